The lowest BCUT2D eigenvalue weighted by atomic mass is 10.0. The summed E-state index contributed by atoms with van der Waals surface area (Å²) in [5.74, 6) is -0.521. The molecule has 23 heavy (non-hydrogen) atoms. The molecule has 0 unspecified atom stereocenters. The van der Waals surface area contributed by atoms with E-state index in [1.165, 1.54) is 31.1 Å². The second-order valence-corrected chi connectivity index (χ2v) is 9.07. The molecule has 132 valence electrons. The molecule has 0 aliphatic heterocycles. The maximum absolute atomic E-state index is 12.0. The summed E-state index contributed by atoms with van der Waals surface area (Å²) in [4.78, 5) is 30.5. The Labute approximate surface area is 140 Å². The summed E-state index contributed by atoms with van der Waals surface area (Å²) in [6.45, 7) is 10.7. The van der Waals surface area contributed by atoms with Crippen LogP contribution in [0.5, 0.6) is 0 Å². The van der Waals surface area contributed by atoms with Gasteiger partial charge in [-0.3, -0.25) is 9.36 Å². The van der Waals surface area contributed by atoms with Gasteiger partial charge in [0, 0.05) is 0 Å². The first-order valence-electron chi connectivity index (χ1n) is 7.94. The molecule has 0 saturated carbocycles. The van der Waals surface area contributed by atoms with Crippen LogP contribution in [-0.4, -0.2) is 20.7 Å². The highest BCUT2D eigenvalue weighted by atomic mass is 31.2. The van der Waals surface area contributed by atoms with Crippen molar-refractivity contribution in [1.29, 1.82) is 0 Å². The lowest BCUT2D eigenvalue weighted by molar-refractivity contribution is -0.116. The van der Waals surface area contributed by atoms with E-state index in [0.29, 0.717) is 6.42 Å². The van der Waals surface area contributed by atoms with Crippen LogP contribution in [0.1, 0.15) is 67.2 Å². The highest BCUT2D eigenvalue weighted by Crippen LogP contribution is 2.50. The molecule has 0 fully saturated rings. The monoisotopic (exact) mass is 342 g/mol. The Hall–Kier alpha value is -0.960. The summed E-state index contributed by atoms with van der Waals surface area (Å²) in [6, 6.07) is 0. The van der Waals surface area contributed by atoms with Crippen molar-refractivity contribution in [1.82, 2.24) is 0 Å². The zero-order chi connectivity index (χ0) is 18.3. The topological polar surface area (TPSA) is 74.6 Å². The molecule has 0 heterocycles. The van der Waals surface area contributed by atoms with Crippen LogP contribution < -0.4 is 0 Å². The minimum absolute atomic E-state index is 0.521. The zero-order valence-electron chi connectivity index (χ0n) is 15.2. The van der Waals surface area contributed by atoms with Crippen molar-refractivity contribution < 1.29 is 19.1 Å². The van der Waals surface area contributed by atoms with E-state index in [0.717, 1.165) is 24.8 Å². The number of ketones is 1. The van der Waals surface area contributed by atoms with Gasteiger partial charge in [-0.25, -0.2) is 0 Å². The van der Waals surface area contributed by atoms with Gasteiger partial charge in [0.25, 0.3) is 0 Å². The minimum atomic E-state index is -4.45. The van der Waals surface area contributed by atoms with E-state index >= 15 is 0 Å². The summed E-state index contributed by atoms with van der Waals surface area (Å²) in [6.07, 6.45) is 9.34. The van der Waals surface area contributed by atoms with E-state index in [1.807, 2.05) is 6.92 Å². The van der Waals surface area contributed by atoms with Gasteiger partial charge in [0.05, 0.1) is 0 Å². The summed E-state index contributed by atoms with van der Waals surface area (Å²) in [7, 11) is -4.45. The Morgan fingerprint density at radius 3 is 1.91 bits per heavy atom. The van der Waals surface area contributed by atoms with Gasteiger partial charge >= 0.3 is 7.60 Å². The predicted octanol–water partition coefficient (Wildman–Crippen LogP) is 4.93. The molecule has 5 heteroatoms. The Morgan fingerprint density at radius 1 is 0.957 bits per heavy atom. The largest absolute Gasteiger partial charge is 0.338 e. The van der Waals surface area contributed by atoms with Crippen molar-refractivity contribution in [2.75, 3.05) is 0 Å². The molecule has 0 aliphatic carbocycles. The number of allylic oxidation sites excluding steroid dienone is 6. The van der Waals surface area contributed by atoms with Gasteiger partial charge in [-0.15, -0.1) is 0 Å². The van der Waals surface area contributed by atoms with Crippen molar-refractivity contribution in [3.05, 3.63) is 34.9 Å². The molecule has 4 nitrogen and oxygen atoms in total. The fraction of sp³-hybridized carbons (Fsp3) is 0.611. The quantitative estimate of drug-likeness (QED) is 0.354. The first kappa shape index (κ1) is 22.0. The molecule has 0 atom stereocenters. The summed E-state index contributed by atoms with van der Waals surface area (Å²) >= 11 is 0. The second kappa shape index (κ2) is 9.36. The van der Waals surface area contributed by atoms with Gasteiger partial charge in [-0.2, -0.15) is 0 Å². The van der Waals surface area contributed by atoms with Crippen LogP contribution in [0, 0.1) is 0 Å². The molecule has 0 bridgehead atoms. The summed E-state index contributed by atoms with van der Waals surface area (Å²) in [5.41, 5.74) is 3.48. The van der Waals surface area contributed by atoms with Crippen LogP contribution in [0.2, 0.25) is 0 Å². The van der Waals surface area contributed by atoms with E-state index in [1.54, 1.807) is 0 Å². The molecule has 0 saturated heterocycles. The van der Waals surface area contributed by atoms with Gasteiger partial charge in [-0.05, 0) is 73.3 Å². The van der Waals surface area contributed by atoms with Crippen molar-refractivity contribution in [3.8, 4) is 0 Å². The molecule has 0 aliphatic rings. The van der Waals surface area contributed by atoms with Crippen LogP contribution in [0.4, 0.5) is 0 Å². The Kier molecular flexibility index (Phi) is 8.97. The average molecular weight is 342 g/mol. The van der Waals surface area contributed by atoms with E-state index in [4.69, 9.17) is 0 Å². The fourth-order valence-corrected chi connectivity index (χ4v) is 2.20. The van der Waals surface area contributed by atoms with Crippen LogP contribution in [0.15, 0.2) is 34.9 Å². The Morgan fingerprint density at radius 2 is 1.43 bits per heavy atom. The van der Waals surface area contributed by atoms with Crippen LogP contribution in [-0.2, 0) is 9.36 Å². The molecule has 0 rings (SSSR count). The summed E-state index contributed by atoms with van der Waals surface area (Å²) in [5, 5.41) is -1.66. The van der Waals surface area contributed by atoms with Crippen molar-refractivity contribution in [2.24, 2.45) is 0 Å². The molecular weight excluding hydrogens is 311 g/mol. The van der Waals surface area contributed by atoms with Crippen LogP contribution in [0.3, 0.4) is 0 Å². The molecule has 0 spiro atoms. The third kappa shape index (κ3) is 8.45. The lowest BCUT2D eigenvalue weighted by Gasteiger charge is -2.22. The predicted molar refractivity (Wildman–Crippen MR) is 96.5 cm³/mol. The zero-order valence-corrected chi connectivity index (χ0v) is 16.1. The molecule has 0 aromatic carbocycles. The van der Waals surface area contributed by atoms with Gasteiger partial charge in [0.1, 0.15) is 5.16 Å². The third-order valence-electron chi connectivity index (χ3n) is 3.83. The van der Waals surface area contributed by atoms with E-state index < -0.39 is 18.5 Å². The van der Waals surface area contributed by atoms with Crippen molar-refractivity contribution in [3.63, 3.8) is 0 Å². The number of hydrogen-bond acceptors (Lipinski definition) is 2. The maximum Gasteiger partial charge on any atom is 0.338 e. The highest BCUT2D eigenvalue weighted by molar-refractivity contribution is 7.54. The Balaban J connectivity index is 4.55. The van der Waals surface area contributed by atoms with Crippen LogP contribution >= 0.6 is 7.60 Å². The SMILES string of the molecule is CC(C)=CCCC(C)=CCCC(C)=CC(=O)C(C)(C)P(=O)(O)O. The molecule has 0 aromatic rings. The standard InChI is InChI=1S/C18H31O4P/c1-14(2)9-7-10-15(3)11-8-12-16(4)13-17(19)18(5,6)23(20,21)22/h9,11,13H,7-8,10,12H2,1-6H3,(H2,20,21,22). The van der Waals surface area contributed by atoms with Crippen LogP contribution in [0.25, 0.3) is 0 Å². The number of hydrogen-bond donors (Lipinski definition) is 2. The Bertz CT molecular complexity index is 543. The molecule has 0 radical (unpaired) electrons. The third-order valence-corrected chi connectivity index (χ3v) is 5.51. The molecular formula is C18H31O4P. The molecule has 0 aromatic heterocycles. The first-order chi connectivity index (χ1) is 10.4. The number of rotatable bonds is 9. The normalized spacial score (nSPS) is 13.9. The second-order valence-electron chi connectivity index (χ2n) is 6.87. The molecule has 0 amide bonds. The van der Waals surface area contributed by atoms with Gasteiger partial charge in [-0.1, -0.05) is 28.9 Å². The highest BCUT2D eigenvalue weighted by Gasteiger charge is 2.43. The maximum atomic E-state index is 12.0. The van der Waals surface area contributed by atoms with Crippen molar-refractivity contribution in [2.45, 2.75) is 72.4 Å². The van der Waals surface area contributed by atoms with E-state index in [9.17, 15) is 19.1 Å². The van der Waals surface area contributed by atoms with Gasteiger partial charge in [0.2, 0.25) is 0 Å². The number of carbonyl (C=O) groups excluding carboxylic acids is 1. The van der Waals surface area contributed by atoms with Gasteiger partial charge < -0.3 is 9.79 Å². The molecule has 2 N–H and O–H groups in total. The van der Waals surface area contributed by atoms with E-state index in [-0.39, 0.29) is 0 Å². The fourth-order valence-electron chi connectivity index (χ4n) is 1.85. The summed E-state index contributed by atoms with van der Waals surface area (Å²) < 4.78 is 11.4. The van der Waals surface area contributed by atoms with E-state index in [2.05, 4.69) is 32.9 Å². The lowest BCUT2D eigenvalue weighted by Crippen LogP contribution is -2.30. The van der Waals surface area contributed by atoms with Crippen molar-refractivity contribution >= 4 is 13.4 Å². The first-order valence-corrected chi connectivity index (χ1v) is 9.55. The minimum Gasteiger partial charge on any atom is -0.324 e. The number of carbonyl (C=O) groups is 1. The average Bonchev–Trinajstić information content (AvgIpc) is 2.36. The van der Waals surface area contributed by atoms with Gasteiger partial charge in [0.15, 0.2) is 5.78 Å². The smallest absolute Gasteiger partial charge is 0.324 e.